The SMILES string of the molecule is C[C@@H](OC(=O)Cc1coc2ccc3ccccc3c12)C(=O)N1[C@@H](C)CCC[C@@H]1C. The smallest absolute Gasteiger partial charge is 0.311 e. The van der Waals surface area contributed by atoms with Gasteiger partial charge in [-0.3, -0.25) is 9.59 Å². The Balaban J connectivity index is 1.50. The van der Waals surface area contributed by atoms with Crippen molar-refractivity contribution in [3.63, 3.8) is 0 Å². The molecule has 3 atom stereocenters. The van der Waals surface area contributed by atoms with Crippen LogP contribution in [0.15, 0.2) is 47.1 Å². The number of hydrogen-bond acceptors (Lipinski definition) is 4. The molecule has 1 saturated heterocycles. The quantitative estimate of drug-likeness (QED) is 0.595. The molecule has 1 aliphatic heterocycles. The summed E-state index contributed by atoms with van der Waals surface area (Å²) in [6, 6.07) is 12.3. The van der Waals surface area contributed by atoms with Crippen LogP contribution in [0.4, 0.5) is 0 Å². The Hall–Kier alpha value is -2.82. The molecule has 29 heavy (non-hydrogen) atoms. The van der Waals surface area contributed by atoms with E-state index in [-0.39, 0.29) is 24.4 Å². The van der Waals surface area contributed by atoms with Gasteiger partial charge in [-0.25, -0.2) is 0 Å². The van der Waals surface area contributed by atoms with Crippen molar-refractivity contribution in [2.45, 2.75) is 64.6 Å². The third-order valence-corrected chi connectivity index (χ3v) is 5.98. The Morgan fingerprint density at radius 1 is 1.14 bits per heavy atom. The lowest BCUT2D eigenvalue weighted by molar-refractivity contribution is -0.161. The largest absolute Gasteiger partial charge is 0.464 e. The molecule has 0 radical (unpaired) electrons. The van der Waals surface area contributed by atoms with Crippen molar-refractivity contribution in [2.24, 2.45) is 0 Å². The number of amides is 1. The lowest BCUT2D eigenvalue weighted by Gasteiger charge is -2.40. The van der Waals surface area contributed by atoms with Crippen molar-refractivity contribution in [3.05, 3.63) is 48.2 Å². The Morgan fingerprint density at radius 3 is 2.62 bits per heavy atom. The highest BCUT2D eigenvalue weighted by Crippen LogP contribution is 2.30. The van der Waals surface area contributed by atoms with Crippen molar-refractivity contribution in [1.82, 2.24) is 4.90 Å². The molecule has 0 saturated carbocycles. The van der Waals surface area contributed by atoms with Crippen LogP contribution in [0.2, 0.25) is 0 Å². The van der Waals surface area contributed by atoms with Crippen LogP contribution in [0.5, 0.6) is 0 Å². The highest BCUT2D eigenvalue weighted by atomic mass is 16.5. The van der Waals surface area contributed by atoms with E-state index < -0.39 is 12.1 Å². The van der Waals surface area contributed by atoms with Gasteiger partial charge in [-0.15, -0.1) is 0 Å². The van der Waals surface area contributed by atoms with Crippen LogP contribution in [0.25, 0.3) is 21.7 Å². The number of fused-ring (bicyclic) bond motifs is 3. The highest BCUT2D eigenvalue weighted by Gasteiger charge is 2.33. The van der Waals surface area contributed by atoms with E-state index in [1.54, 1.807) is 13.2 Å². The molecule has 1 aliphatic rings. The zero-order valence-corrected chi connectivity index (χ0v) is 17.2. The van der Waals surface area contributed by atoms with Crippen molar-refractivity contribution in [3.8, 4) is 0 Å². The van der Waals surface area contributed by atoms with Gasteiger partial charge in [0.05, 0.1) is 12.7 Å². The average Bonchev–Trinajstić information content (AvgIpc) is 3.10. The molecule has 4 rings (SSSR count). The molecule has 0 bridgehead atoms. The van der Waals surface area contributed by atoms with E-state index in [4.69, 9.17) is 9.15 Å². The maximum Gasteiger partial charge on any atom is 0.311 e. The summed E-state index contributed by atoms with van der Waals surface area (Å²) in [7, 11) is 0. The van der Waals surface area contributed by atoms with E-state index in [1.165, 1.54) is 0 Å². The van der Waals surface area contributed by atoms with Crippen molar-refractivity contribution in [1.29, 1.82) is 0 Å². The van der Waals surface area contributed by atoms with Crippen molar-refractivity contribution in [2.75, 3.05) is 0 Å². The van der Waals surface area contributed by atoms with Gasteiger partial charge in [0.1, 0.15) is 5.58 Å². The molecule has 1 amide bonds. The zero-order chi connectivity index (χ0) is 20.5. The van der Waals surface area contributed by atoms with E-state index >= 15 is 0 Å². The van der Waals surface area contributed by atoms with Crippen LogP contribution in [0.3, 0.4) is 0 Å². The molecule has 5 heteroatoms. The van der Waals surface area contributed by atoms with Crippen molar-refractivity contribution >= 4 is 33.6 Å². The number of carbonyl (C=O) groups is 2. The Labute approximate surface area is 170 Å². The number of piperidine rings is 1. The van der Waals surface area contributed by atoms with Gasteiger partial charge in [-0.1, -0.05) is 30.3 Å². The molecule has 2 heterocycles. The number of furan rings is 1. The van der Waals surface area contributed by atoms with Gasteiger partial charge in [-0.2, -0.15) is 0 Å². The van der Waals surface area contributed by atoms with Crippen molar-refractivity contribution < 1.29 is 18.7 Å². The van der Waals surface area contributed by atoms with E-state index in [2.05, 4.69) is 13.8 Å². The van der Waals surface area contributed by atoms with E-state index in [9.17, 15) is 9.59 Å². The first-order chi connectivity index (χ1) is 14.0. The number of nitrogens with zero attached hydrogens (tertiary/aromatic N) is 1. The van der Waals surface area contributed by atoms with Gasteiger partial charge in [0.25, 0.3) is 5.91 Å². The second-order valence-electron chi connectivity index (χ2n) is 8.10. The molecular weight excluding hydrogens is 366 g/mol. The molecular formula is C24H27NO4. The summed E-state index contributed by atoms with van der Waals surface area (Å²) in [6.07, 6.45) is 4.00. The summed E-state index contributed by atoms with van der Waals surface area (Å²) in [6.45, 7) is 5.78. The molecule has 0 N–H and O–H groups in total. The number of likely N-dealkylation sites (tertiary alicyclic amines) is 1. The van der Waals surface area contributed by atoms with E-state index in [0.29, 0.717) is 0 Å². The number of rotatable bonds is 4. The lowest BCUT2D eigenvalue weighted by Crippen LogP contribution is -2.51. The van der Waals surface area contributed by atoms with Crippen LogP contribution in [-0.4, -0.2) is 35.0 Å². The zero-order valence-electron chi connectivity index (χ0n) is 17.2. The minimum absolute atomic E-state index is 0.0731. The van der Waals surface area contributed by atoms with Gasteiger partial charge < -0.3 is 14.1 Å². The van der Waals surface area contributed by atoms with Crippen LogP contribution in [0, 0.1) is 0 Å². The minimum atomic E-state index is -0.791. The molecule has 2 aromatic carbocycles. The number of esters is 1. The maximum atomic E-state index is 12.9. The highest BCUT2D eigenvalue weighted by molar-refractivity contribution is 6.08. The molecule has 0 unspecified atom stereocenters. The minimum Gasteiger partial charge on any atom is -0.464 e. The Morgan fingerprint density at radius 2 is 1.86 bits per heavy atom. The third-order valence-electron chi connectivity index (χ3n) is 5.98. The normalized spacial score (nSPS) is 20.7. The molecule has 0 spiro atoms. The summed E-state index contributed by atoms with van der Waals surface area (Å²) >= 11 is 0. The van der Waals surface area contributed by atoms with Gasteiger partial charge >= 0.3 is 5.97 Å². The fraction of sp³-hybridized carbons (Fsp3) is 0.417. The van der Waals surface area contributed by atoms with Crippen LogP contribution in [0.1, 0.15) is 45.6 Å². The molecule has 1 aromatic heterocycles. The van der Waals surface area contributed by atoms with E-state index in [1.807, 2.05) is 41.3 Å². The first-order valence-electron chi connectivity index (χ1n) is 10.3. The van der Waals surface area contributed by atoms with E-state index in [0.717, 1.165) is 46.6 Å². The number of benzene rings is 2. The predicted molar refractivity (Wildman–Crippen MR) is 113 cm³/mol. The summed E-state index contributed by atoms with van der Waals surface area (Å²) in [5.41, 5.74) is 1.52. The Kier molecular flexibility index (Phi) is 5.31. The first kappa shape index (κ1) is 19.5. The predicted octanol–water partition coefficient (Wildman–Crippen LogP) is 4.85. The number of ether oxygens (including phenoxy) is 1. The number of carbonyl (C=O) groups excluding carboxylic acids is 2. The van der Waals surface area contributed by atoms with Crippen LogP contribution < -0.4 is 0 Å². The Bertz CT molecular complexity index is 1040. The monoisotopic (exact) mass is 393 g/mol. The van der Waals surface area contributed by atoms with Gasteiger partial charge in [0.15, 0.2) is 6.10 Å². The first-order valence-corrected chi connectivity index (χ1v) is 10.3. The molecule has 0 aliphatic carbocycles. The van der Waals surface area contributed by atoms with Gasteiger partial charge in [0, 0.05) is 23.0 Å². The maximum absolute atomic E-state index is 12.9. The topological polar surface area (TPSA) is 59.8 Å². The fourth-order valence-corrected chi connectivity index (χ4v) is 4.51. The molecule has 1 fully saturated rings. The van der Waals surface area contributed by atoms with Crippen LogP contribution in [-0.2, 0) is 20.7 Å². The second kappa shape index (κ2) is 7.90. The number of hydrogen-bond donors (Lipinski definition) is 0. The fourth-order valence-electron chi connectivity index (χ4n) is 4.51. The summed E-state index contributed by atoms with van der Waals surface area (Å²) in [5, 5.41) is 3.06. The second-order valence-corrected chi connectivity index (χ2v) is 8.10. The summed E-state index contributed by atoms with van der Waals surface area (Å²) in [4.78, 5) is 27.4. The lowest BCUT2D eigenvalue weighted by atomic mass is 9.97. The average molecular weight is 393 g/mol. The summed E-state index contributed by atoms with van der Waals surface area (Å²) < 4.78 is 11.2. The summed E-state index contributed by atoms with van der Waals surface area (Å²) in [5.74, 6) is -0.528. The molecule has 3 aromatic rings. The van der Waals surface area contributed by atoms with Gasteiger partial charge in [0.2, 0.25) is 0 Å². The third kappa shape index (κ3) is 3.74. The van der Waals surface area contributed by atoms with Gasteiger partial charge in [-0.05, 0) is 56.9 Å². The molecule has 5 nitrogen and oxygen atoms in total. The van der Waals surface area contributed by atoms with Crippen LogP contribution >= 0.6 is 0 Å². The standard InChI is InChI=1S/C24H27NO4/c1-15-7-6-8-16(2)25(15)24(27)17(3)29-22(26)13-19-14-28-21-12-11-18-9-4-5-10-20(18)23(19)21/h4-5,9-12,14-17H,6-8,13H2,1-3H3/t15-,16-,17+/m0/s1. The molecule has 152 valence electrons.